The van der Waals surface area contributed by atoms with Crippen LogP contribution in [0.25, 0.3) is 115 Å². The molecular weight excluding hydrogens is 717 g/mol. The molecule has 5 nitrogen and oxygen atoms in total. The van der Waals surface area contributed by atoms with E-state index in [9.17, 15) is 0 Å². The molecule has 0 fully saturated rings. The minimum Gasteiger partial charge on any atom is -0.456 e. The zero-order valence-corrected chi connectivity index (χ0v) is 31.2. The van der Waals surface area contributed by atoms with Gasteiger partial charge in [0.05, 0.1) is 11.0 Å². The summed E-state index contributed by atoms with van der Waals surface area (Å²) in [6, 6.07) is 63.7. The van der Waals surface area contributed by atoms with Gasteiger partial charge in [-0.3, -0.25) is 0 Å². The highest BCUT2D eigenvalue weighted by Crippen LogP contribution is 2.46. The van der Waals surface area contributed by atoms with Crippen molar-refractivity contribution in [2.24, 2.45) is 0 Å². The number of fused-ring (bicyclic) bond motifs is 9. The van der Waals surface area contributed by atoms with E-state index in [0.29, 0.717) is 17.5 Å². The van der Waals surface area contributed by atoms with Crippen molar-refractivity contribution < 1.29 is 4.42 Å². The fraction of sp³-hybridized carbons (Fsp3) is 0. The van der Waals surface area contributed by atoms with E-state index in [1.54, 1.807) is 0 Å². The Balaban J connectivity index is 1.07. The molecule has 0 amide bonds. The van der Waals surface area contributed by atoms with Crippen LogP contribution in [0.1, 0.15) is 0 Å². The highest BCUT2D eigenvalue weighted by atomic mass is 32.1. The number of hydrogen-bond acceptors (Lipinski definition) is 5. The van der Waals surface area contributed by atoms with Crippen LogP contribution >= 0.6 is 11.3 Å². The Kier molecular flexibility index (Phi) is 7.03. The topological polar surface area (TPSA) is 56.7 Å². The van der Waals surface area contributed by atoms with Crippen LogP contribution in [0.5, 0.6) is 0 Å². The maximum Gasteiger partial charge on any atom is 0.164 e. The number of rotatable bonds is 5. The Morgan fingerprint density at radius 2 is 0.930 bits per heavy atom. The second-order valence-electron chi connectivity index (χ2n) is 14.3. The lowest BCUT2D eigenvalue weighted by Gasteiger charge is -2.10. The Bertz CT molecular complexity index is 3420. The summed E-state index contributed by atoms with van der Waals surface area (Å²) < 4.78 is 11.5. The number of nitrogens with zero attached hydrogens (tertiary/aromatic N) is 4. The minimum atomic E-state index is 0.600. The van der Waals surface area contributed by atoms with Crippen LogP contribution in [-0.2, 0) is 0 Å². The second kappa shape index (κ2) is 12.6. The fourth-order valence-electron chi connectivity index (χ4n) is 8.55. The SMILES string of the molecule is c1ccc(-c2nc(-c3ccccc3)nc(-c3cccc4oc5cccc(-c6cccc7c6sc6cc(-n8c9ccccc9c9ccccc98)ccc67)c5c34)n2)cc1. The third kappa shape index (κ3) is 4.98. The predicted molar refractivity (Wildman–Crippen MR) is 236 cm³/mol. The summed E-state index contributed by atoms with van der Waals surface area (Å²) in [6.45, 7) is 0. The molecular formula is C51H30N4OS. The van der Waals surface area contributed by atoms with E-state index in [1.807, 2.05) is 84.1 Å². The second-order valence-corrected chi connectivity index (χ2v) is 15.4. The first-order valence-corrected chi connectivity index (χ1v) is 19.8. The molecule has 0 unspecified atom stereocenters. The molecule has 0 N–H and O–H groups in total. The van der Waals surface area contributed by atoms with Crippen molar-refractivity contribution in [3.05, 3.63) is 182 Å². The van der Waals surface area contributed by atoms with Crippen LogP contribution < -0.4 is 0 Å². The summed E-state index contributed by atoms with van der Waals surface area (Å²) in [5, 5.41) is 7.04. The van der Waals surface area contributed by atoms with E-state index < -0.39 is 0 Å². The normalized spacial score (nSPS) is 11.9. The molecule has 12 rings (SSSR count). The van der Waals surface area contributed by atoms with Gasteiger partial charge >= 0.3 is 0 Å². The molecule has 4 aromatic heterocycles. The van der Waals surface area contributed by atoms with Gasteiger partial charge in [-0.25, -0.2) is 15.0 Å². The lowest BCUT2D eigenvalue weighted by Crippen LogP contribution is -2.00. The van der Waals surface area contributed by atoms with E-state index in [0.717, 1.165) is 49.9 Å². The highest BCUT2D eigenvalue weighted by Gasteiger charge is 2.22. The summed E-state index contributed by atoms with van der Waals surface area (Å²) in [6.07, 6.45) is 0. The molecule has 0 saturated carbocycles. The first kappa shape index (κ1) is 31.9. The monoisotopic (exact) mass is 746 g/mol. The summed E-state index contributed by atoms with van der Waals surface area (Å²) in [5.41, 5.74) is 10.2. The smallest absolute Gasteiger partial charge is 0.164 e. The van der Waals surface area contributed by atoms with Gasteiger partial charge in [0.25, 0.3) is 0 Å². The van der Waals surface area contributed by atoms with Crippen molar-refractivity contribution in [2.45, 2.75) is 0 Å². The zero-order chi connectivity index (χ0) is 37.5. The molecule has 0 aliphatic carbocycles. The van der Waals surface area contributed by atoms with Gasteiger partial charge in [-0.2, -0.15) is 0 Å². The van der Waals surface area contributed by atoms with Gasteiger partial charge < -0.3 is 8.98 Å². The number of benzene rings is 8. The van der Waals surface area contributed by atoms with Gasteiger partial charge in [-0.15, -0.1) is 11.3 Å². The standard InChI is InChI=1S/C51H30N4OS/c1-3-14-31(15-4-1)49-52-50(32-16-5-2-6-17-32)54-51(53-49)40-23-13-27-44-47(40)46-37(20-12-26-43(46)56-44)39-22-11-21-38-36-29-28-33(30-45(36)57-48(38)39)55-41-24-9-7-18-34(41)35-19-8-10-25-42(35)55/h1-30H. The predicted octanol–water partition coefficient (Wildman–Crippen LogP) is 13.9. The Morgan fingerprint density at radius 3 is 1.60 bits per heavy atom. The van der Waals surface area contributed by atoms with Crippen molar-refractivity contribution in [1.82, 2.24) is 19.5 Å². The van der Waals surface area contributed by atoms with E-state index in [4.69, 9.17) is 19.4 Å². The van der Waals surface area contributed by atoms with Gasteiger partial charge in [0.1, 0.15) is 11.2 Å². The van der Waals surface area contributed by atoms with Crippen molar-refractivity contribution in [1.29, 1.82) is 0 Å². The molecule has 57 heavy (non-hydrogen) atoms. The third-order valence-corrected chi connectivity index (χ3v) is 12.3. The highest BCUT2D eigenvalue weighted by molar-refractivity contribution is 7.26. The average molecular weight is 747 g/mol. The number of furan rings is 1. The van der Waals surface area contributed by atoms with Crippen molar-refractivity contribution in [3.8, 4) is 51.0 Å². The first-order chi connectivity index (χ1) is 28.3. The number of para-hydroxylation sites is 2. The molecule has 6 heteroatoms. The Labute approximate surface area is 330 Å². The quantitative estimate of drug-likeness (QED) is 0.176. The fourth-order valence-corrected chi connectivity index (χ4v) is 9.81. The summed E-state index contributed by atoms with van der Waals surface area (Å²) in [7, 11) is 0. The first-order valence-electron chi connectivity index (χ1n) is 19.0. The lowest BCUT2D eigenvalue weighted by molar-refractivity contribution is 0.669. The van der Waals surface area contributed by atoms with Gasteiger partial charge in [-0.05, 0) is 42.0 Å². The molecule has 0 aliphatic rings. The van der Waals surface area contributed by atoms with Gasteiger partial charge in [-0.1, -0.05) is 146 Å². The lowest BCUT2D eigenvalue weighted by atomic mass is 9.96. The number of thiophene rings is 1. The summed E-state index contributed by atoms with van der Waals surface area (Å²) >= 11 is 1.84. The average Bonchev–Trinajstić information content (AvgIpc) is 3.96. The minimum absolute atomic E-state index is 0.600. The molecule has 8 aromatic carbocycles. The summed E-state index contributed by atoms with van der Waals surface area (Å²) in [5.74, 6) is 1.85. The largest absolute Gasteiger partial charge is 0.456 e. The molecule has 0 radical (unpaired) electrons. The van der Waals surface area contributed by atoms with E-state index in [2.05, 4.69) is 114 Å². The molecule has 0 spiro atoms. The molecule has 0 bridgehead atoms. The molecule has 0 atom stereocenters. The van der Waals surface area contributed by atoms with Crippen LogP contribution in [0.15, 0.2) is 186 Å². The molecule has 266 valence electrons. The van der Waals surface area contributed by atoms with E-state index in [-0.39, 0.29) is 0 Å². The Morgan fingerprint density at radius 1 is 0.404 bits per heavy atom. The van der Waals surface area contributed by atoms with E-state index >= 15 is 0 Å². The van der Waals surface area contributed by atoms with Crippen LogP contribution in [0.3, 0.4) is 0 Å². The number of aromatic nitrogens is 4. The summed E-state index contributed by atoms with van der Waals surface area (Å²) in [4.78, 5) is 15.2. The molecule has 0 aliphatic heterocycles. The molecule has 4 heterocycles. The third-order valence-electron chi connectivity index (χ3n) is 11.1. The van der Waals surface area contributed by atoms with E-state index in [1.165, 1.54) is 47.5 Å². The van der Waals surface area contributed by atoms with Gasteiger partial charge in [0.15, 0.2) is 17.5 Å². The maximum absolute atomic E-state index is 6.63. The van der Waals surface area contributed by atoms with Crippen molar-refractivity contribution >= 4 is 75.3 Å². The maximum atomic E-state index is 6.63. The molecule has 0 saturated heterocycles. The molecule has 12 aromatic rings. The number of hydrogen-bond donors (Lipinski definition) is 0. The van der Waals surface area contributed by atoms with Crippen LogP contribution in [0.4, 0.5) is 0 Å². The Hall–Kier alpha value is -7.41. The van der Waals surface area contributed by atoms with Gasteiger partial charge in [0, 0.05) is 69.7 Å². The van der Waals surface area contributed by atoms with Crippen molar-refractivity contribution in [3.63, 3.8) is 0 Å². The van der Waals surface area contributed by atoms with Crippen molar-refractivity contribution in [2.75, 3.05) is 0 Å². The van der Waals surface area contributed by atoms with Gasteiger partial charge in [0.2, 0.25) is 0 Å². The zero-order valence-electron chi connectivity index (χ0n) is 30.4. The van der Waals surface area contributed by atoms with Crippen LogP contribution in [0, 0.1) is 0 Å². The van der Waals surface area contributed by atoms with Crippen LogP contribution in [-0.4, -0.2) is 19.5 Å². The van der Waals surface area contributed by atoms with Crippen LogP contribution in [0.2, 0.25) is 0 Å².